The third-order valence-electron chi connectivity index (χ3n) is 3.97. The van der Waals surface area contributed by atoms with Gasteiger partial charge in [0.25, 0.3) is 0 Å². The number of hydrogen-bond donors (Lipinski definition) is 2. The van der Waals surface area contributed by atoms with Crippen LogP contribution in [-0.2, 0) is 10.2 Å². The molecule has 21 heavy (non-hydrogen) atoms. The van der Waals surface area contributed by atoms with Crippen molar-refractivity contribution in [3.8, 4) is 0 Å². The number of nitrogens with one attached hydrogen (secondary N) is 1. The SMILES string of the molecule is CCCC(CCN)CCC(=O)NCC(C)(C)c1cccs1. The molecule has 1 heterocycles. The Morgan fingerprint density at radius 3 is 2.71 bits per heavy atom. The van der Waals surface area contributed by atoms with Crippen molar-refractivity contribution >= 4 is 17.2 Å². The van der Waals surface area contributed by atoms with E-state index >= 15 is 0 Å². The summed E-state index contributed by atoms with van der Waals surface area (Å²) in [7, 11) is 0. The van der Waals surface area contributed by atoms with Crippen LogP contribution in [-0.4, -0.2) is 19.0 Å². The lowest BCUT2D eigenvalue weighted by atomic mass is 9.91. The van der Waals surface area contributed by atoms with Crippen molar-refractivity contribution in [1.82, 2.24) is 5.32 Å². The Kier molecular flexibility index (Phi) is 7.97. The van der Waals surface area contributed by atoms with Crippen molar-refractivity contribution in [2.75, 3.05) is 13.1 Å². The lowest BCUT2D eigenvalue weighted by molar-refractivity contribution is -0.121. The van der Waals surface area contributed by atoms with Gasteiger partial charge in [-0.25, -0.2) is 0 Å². The van der Waals surface area contributed by atoms with Crippen LogP contribution in [0.5, 0.6) is 0 Å². The van der Waals surface area contributed by atoms with Crippen LogP contribution in [0.25, 0.3) is 0 Å². The van der Waals surface area contributed by atoms with Crippen LogP contribution in [0.1, 0.15) is 57.8 Å². The van der Waals surface area contributed by atoms with Gasteiger partial charge >= 0.3 is 0 Å². The first-order chi connectivity index (χ1) is 9.99. The predicted molar refractivity (Wildman–Crippen MR) is 91.7 cm³/mol. The Balaban J connectivity index is 2.33. The molecule has 1 rings (SSSR count). The summed E-state index contributed by atoms with van der Waals surface area (Å²) in [4.78, 5) is 13.3. The highest BCUT2D eigenvalue weighted by Crippen LogP contribution is 2.26. The largest absolute Gasteiger partial charge is 0.355 e. The van der Waals surface area contributed by atoms with E-state index in [4.69, 9.17) is 5.73 Å². The predicted octanol–water partition coefficient (Wildman–Crippen LogP) is 3.69. The minimum absolute atomic E-state index is 0.00387. The number of amides is 1. The molecule has 1 amide bonds. The second-order valence-corrected chi connectivity index (χ2v) is 7.36. The quantitative estimate of drug-likeness (QED) is 0.692. The van der Waals surface area contributed by atoms with Crippen molar-refractivity contribution in [1.29, 1.82) is 0 Å². The molecule has 1 aromatic heterocycles. The highest BCUT2D eigenvalue weighted by atomic mass is 32.1. The molecule has 3 N–H and O–H groups in total. The molecule has 0 fully saturated rings. The summed E-state index contributed by atoms with van der Waals surface area (Å²) in [5.74, 6) is 0.758. The van der Waals surface area contributed by atoms with E-state index in [9.17, 15) is 4.79 Å². The highest BCUT2D eigenvalue weighted by molar-refractivity contribution is 7.10. The van der Waals surface area contributed by atoms with Gasteiger partial charge in [0.1, 0.15) is 0 Å². The molecule has 1 unspecified atom stereocenters. The summed E-state index contributed by atoms with van der Waals surface area (Å²) < 4.78 is 0. The van der Waals surface area contributed by atoms with Crippen LogP contribution >= 0.6 is 11.3 Å². The third-order valence-corrected chi connectivity index (χ3v) is 5.20. The molecule has 1 aromatic rings. The minimum Gasteiger partial charge on any atom is -0.355 e. The molecule has 1 atom stereocenters. The molecule has 0 radical (unpaired) electrons. The lowest BCUT2D eigenvalue weighted by Gasteiger charge is -2.24. The molecular weight excluding hydrogens is 280 g/mol. The molecule has 0 spiro atoms. The molecule has 3 nitrogen and oxygen atoms in total. The fourth-order valence-corrected chi connectivity index (χ4v) is 3.42. The zero-order chi connectivity index (χ0) is 15.7. The first-order valence-corrected chi connectivity index (χ1v) is 8.88. The van der Waals surface area contributed by atoms with Crippen LogP contribution in [0.2, 0.25) is 0 Å². The van der Waals surface area contributed by atoms with Crippen LogP contribution in [0.4, 0.5) is 0 Å². The van der Waals surface area contributed by atoms with E-state index in [1.165, 1.54) is 11.3 Å². The average molecular weight is 311 g/mol. The third kappa shape index (κ3) is 6.62. The van der Waals surface area contributed by atoms with Crippen molar-refractivity contribution in [3.63, 3.8) is 0 Å². The van der Waals surface area contributed by atoms with Crippen LogP contribution in [0.15, 0.2) is 17.5 Å². The van der Waals surface area contributed by atoms with Gasteiger partial charge in [0.2, 0.25) is 5.91 Å². The van der Waals surface area contributed by atoms with Gasteiger partial charge in [0, 0.05) is 23.3 Å². The van der Waals surface area contributed by atoms with E-state index in [1.807, 2.05) is 0 Å². The van der Waals surface area contributed by atoms with Crippen LogP contribution in [0.3, 0.4) is 0 Å². The number of rotatable bonds is 10. The molecule has 4 heteroatoms. The molecule has 0 aliphatic rings. The van der Waals surface area contributed by atoms with Gasteiger partial charge in [0.05, 0.1) is 0 Å². The number of carbonyl (C=O) groups is 1. The Morgan fingerprint density at radius 2 is 2.14 bits per heavy atom. The molecule has 0 saturated carbocycles. The maximum atomic E-state index is 12.0. The summed E-state index contributed by atoms with van der Waals surface area (Å²) in [5, 5.41) is 5.17. The molecule has 0 bridgehead atoms. The van der Waals surface area contributed by atoms with Crippen LogP contribution < -0.4 is 11.1 Å². The molecule has 0 aliphatic carbocycles. The topological polar surface area (TPSA) is 55.1 Å². The first kappa shape index (κ1) is 18.2. The van der Waals surface area contributed by atoms with E-state index in [2.05, 4.69) is 43.6 Å². The molecule has 0 saturated heterocycles. The first-order valence-electron chi connectivity index (χ1n) is 8.00. The highest BCUT2D eigenvalue weighted by Gasteiger charge is 2.22. The Bertz CT molecular complexity index is 395. The summed E-state index contributed by atoms with van der Waals surface area (Å²) in [6.45, 7) is 7.95. The average Bonchev–Trinajstić information content (AvgIpc) is 2.98. The van der Waals surface area contributed by atoms with Gasteiger partial charge in [-0.2, -0.15) is 0 Å². The standard InChI is InChI=1S/C17H30N2OS/c1-4-6-14(10-11-18)8-9-16(20)19-13-17(2,3)15-7-5-12-21-15/h5,7,12,14H,4,6,8-11,13,18H2,1-3H3,(H,19,20). The van der Waals surface area contributed by atoms with Gasteiger partial charge in [-0.05, 0) is 36.8 Å². The van der Waals surface area contributed by atoms with E-state index in [-0.39, 0.29) is 11.3 Å². The summed E-state index contributed by atoms with van der Waals surface area (Å²) >= 11 is 1.75. The van der Waals surface area contributed by atoms with Gasteiger partial charge in [-0.3, -0.25) is 4.79 Å². The second-order valence-electron chi connectivity index (χ2n) is 6.41. The Labute approximate surface area is 133 Å². The number of thiophene rings is 1. The number of carbonyl (C=O) groups excluding carboxylic acids is 1. The number of nitrogens with two attached hydrogens (primary N) is 1. The van der Waals surface area contributed by atoms with Gasteiger partial charge < -0.3 is 11.1 Å². The minimum atomic E-state index is 0.00387. The van der Waals surface area contributed by atoms with Crippen molar-refractivity contribution in [2.24, 2.45) is 11.7 Å². The Morgan fingerprint density at radius 1 is 1.38 bits per heavy atom. The fourth-order valence-electron chi connectivity index (χ4n) is 2.57. The van der Waals surface area contributed by atoms with Gasteiger partial charge in [0.15, 0.2) is 0 Å². The van der Waals surface area contributed by atoms with Crippen molar-refractivity contribution < 1.29 is 4.79 Å². The summed E-state index contributed by atoms with van der Waals surface area (Å²) in [6.07, 6.45) is 4.94. The molecule has 0 aromatic carbocycles. The zero-order valence-electron chi connectivity index (χ0n) is 13.7. The second kappa shape index (κ2) is 9.21. The maximum Gasteiger partial charge on any atom is 0.220 e. The van der Waals surface area contributed by atoms with E-state index in [0.29, 0.717) is 18.9 Å². The van der Waals surface area contributed by atoms with Gasteiger partial charge in [-0.15, -0.1) is 11.3 Å². The van der Waals surface area contributed by atoms with E-state index in [0.717, 1.165) is 25.8 Å². The van der Waals surface area contributed by atoms with E-state index in [1.54, 1.807) is 11.3 Å². The van der Waals surface area contributed by atoms with Gasteiger partial charge in [-0.1, -0.05) is 39.7 Å². The Hall–Kier alpha value is -0.870. The molecule has 0 aliphatic heterocycles. The zero-order valence-corrected chi connectivity index (χ0v) is 14.5. The smallest absolute Gasteiger partial charge is 0.220 e. The number of hydrogen-bond acceptors (Lipinski definition) is 3. The summed E-state index contributed by atoms with van der Waals surface area (Å²) in [5.41, 5.74) is 5.64. The summed E-state index contributed by atoms with van der Waals surface area (Å²) in [6, 6.07) is 4.20. The maximum absolute atomic E-state index is 12.0. The van der Waals surface area contributed by atoms with Crippen LogP contribution in [0, 0.1) is 5.92 Å². The fraction of sp³-hybridized carbons (Fsp3) is 0.706. The van der Waals surface area contributed by atoms with Crippen molar-refractivity contribution in [3.05, 3.63) is 22.4 Å². The molecule has 120 valence electrons. The monoisotopic (exact) mass is 310 g/mol. The van der Waals surface area contributed by atoms with E-state index < -0.39 is 0 Å². The molecular formula is C17H30N2OS. The van der Waals surface area contributed by atoms with Crippen molar-refractivity contribution in [2.45, 2.75) is 58.3 Å². The normalized spacial score (nSPS) is 13.1. The lowest BCUT2D eigenvalue weighted by Crippen LogP contribution is -2.36.